The lowest BCUT2D eigenvalue weighted by atomic mass is 10.1. The van der Waals surface area contributed by atoms with Gasteiger partial charge in [-0.2, -0.15) is 0 Å². The molecule has 124 valence electrons. The third kappa shape index (κ3) is 3.44. The SMILES string of the molecule is COC(=O)C1=C(C(=O)OC)N(c2ccc(Br)c(C)c2Br)COC1. The number of anilines is 1. The quantitative estimate of drug-likeness (QED) is 0.662. The van der Waals surface area contributed by atoms with Gasteiger partial charge in [0.15, 0.2) is 0 Å². The molecule has 23 heavy (non-hydrogen) atoms. The molecule has 1 aromatic carbocycles. The van der Waals surface area contributed by atoms with Crippen LogP contribution in [-0.2, 0) is 23.8 Å². The molecule has 1 aliphatic rings. The first-order valence-corrected chi connectivity index (χ1v) is 8.20. The molecule has 0 N–H and O–H groups in total. The van der Waals surface area contributed by atoms with E-state index in [0.29, 0.717) is 5.69 Å². The Morgan fingerprint density at radius 2 is 1.83 bits per heavy atom. The number of carbonyl (C=O) groups is 2. The lowest BCUT2D eigenvalue weighted by Gasteiger charge is -2.32. The molecule has 0 aliphatic carbocycles. The van der Waals surface area contributed by atoms with E-state index in [4.69, 9.17) is 14.2 Å². The van der Waals surface area contributed by atoms with Crippen molar-refractivity contribution in [3.63, 3.8) is 0 Å². The van der Waals surface area contributed by atoms with Gasteiger partial charge in [0.1, 0.15) is 12.4 Å². The third-order valence-electron chi connectivity index (χ3n) is 3.42. The minimum absolute atomic E-state index is 0.0132. The smallest absolute Gasteiger partial charge is 0.355 e. The van der Waals surface area contributed by atoms with Crippen molar-refractivity contribution in [1.82, 2.24) is 0 Å². The van der Waals surface area contributed by atoms with E-state index in [-0.39, 0.29) is 24.6 Å². The first kappa shape index (κ1) is 18.0. The summed E-state index contributed by atoms with van der Waals surface area (Å²) in [7, 11) is 2.52. The fraction of sp³-hybridized carbons (Fsp3) is 0.333. The van der Waals surface area contributed by atoms with Crippen molar-refractivity contribution in [2.24, 2.45) is 0 Å². The van der Waals surface area contributed by atoms with Gasteiger partial charge in [0.2, 0.25) is 0 Å². The van der Waals surface area contributed by atoms with E-state index in [0.717, 1.165) is 14.5 Å². The normalized spacial score (nSPS) is 14.7. The van der Waals surface area contributed by atoms with E-state index in [1.165, 1.54) is 14.2 Å². The molecule has 1 heterocycles. The summed E-state index contributed by atoms with van der Waals surface area (Å²) in [5, 5.41) is 0. The van der Waals surface area contributed by atoms with E-state index in [2.05, 4.69) is 31.9 Å². The first-order chi connectivity index (χ1) is 10.9. The van der Waals surface area contributed by atoms with Crippen molar-refractivity contribution in [3.8, 4) is 0 Å². The predicted molar refractivity (Wildman–Crippen MR) is 90.9 cm³/mol. The van der Waals surface area contributed by atoms with Gasteiger partial charge in [-0.25, -0.2) is 9.59 Å². The number of rotatable bonds is 3. The number of nitrogens with zero attached hydrogens (tertiary/aromatic N) is 1. The molecule has 0 saturated carbocycles. The third-order valence-corrected chi connectivity index (χ3v) is 5.28. The maximum atomic E-state index is 12.2. The molecule has 0 fully saturated rings. The van der Waals surface area contributed by atoms with Gasteiger partial charge in [0.05, 0.1) is 32.1 Å². The Labute approximate surface area is 150 Å². The monoisotopic (exact) mass is 447 g/mol. The van der Waals surface area contributed by atoms with Crippen LogP contribution in [-0.4, -0.2) is 39.5 Å². The van der Waals surface area contributed by atoms with Crippen LogP contribution in [0.15, 0.2) is 32.3 Å². The van der Waals surface area contributed by atoms with Gasteiger partial charge in [-0.15, -0.1) is 0 Å². The van der Waals surface area contributed by atoms with Crippen molar-refractivity contribution >= 4 is 49.5 Å². The molecule has 2 rings (SSSR count). The summed E-state index contributed by atoms with van der Waals surface area (Å²) in [5.74, 6) is -1.25. The Morgan fingerprint density at radius 3 is 2.43 bits per heavy atom. The van der Waals surface area contributed by atoms with Gasteiger partial charge in [0, 0.05) is 8.95 Å². The second kappa shape index (κ2) is 7.46. The fourth-order valence-electron chi connectivity index (χ4n) is 2.19. The Balaban J connectivity index is 2.62. The minimum Gasteiger partial charge on any atom is -0.466 e. The molecular formula is C15H15Br2NO5. The Kier molecular flexibility index (Phi) is 5.83. The molecule has 0 amide bonds. The maximum absolute atomic E-state index is 12.2. The first-order valence-electron chi connectivity index (χ1n) is 6.62. The largest absolute Gasteiger partial charge is 0.466 e. The number of methoxy groups -OCH3 is 2. The zero-order chi connectivity index (χ0) is 17.1. The van der Waals surface area contributed by atoms with Gasteiger partial charge >= 0.3 is 11.9 Å². The number of halogens is 2. The van der Waals surface area contributed by atoms with Gasteiger partial charge in [-0.1, -0.05) is 15.9 Å². The summed E-state index contributed by atoms with van der Waals surface area (Å²) in [5.41, 5.74) is 1.88. The molecule has 1 aliphatic heterocycles. The maximum Gasteiger partial charge on any atom is 0.355 e. The fourth-order valence-corrected chi connectivity index (χ4v) is 3.35. The molecule has 6 nitrogen and oxygen atoms in total. The Bertz CT molecular complexity index is 687. The van der Waals surface area contributed by atoms with Crippen molar-refractivity contribution in [1.29, 1.82) is 0 Å². The van der Waals surface area contributed by atoms with E-state index in [1.54, 1.807) is 4.90 Å². The zero-order valence-electron chi connectivity index (χ0n) is 12.8. The highest BCUT2D eigenvalue weighted by molar-refractivity contribution is 9.11. The number of benzene rings is 1. The van der Waals surface area contributed by atoms with Crippen LogP contribution in [0.1, 0.15) is 5.56 Å². The van der Waals surface area contributed by atoms with Crippen LogP contribution < -0.4 is 4.90 Å². The summed E-state index contributed by atoms with van der Waals surface area (Å²) < 4.78 is 16.7. The summed E-state index contributed by atoms with van der Waals surface area (Å²) in [6, 6.07) is 3.67. The van der Waals surface area contributed by atoms with Crippen LogP contribution in [0, 0.1) is 6.92 Å². The summed E-state index contributed by atoms with van der Waals surface area (Å²) in [6.45, 7) is 2.02. The Hall–Kier alpha value is -1.38. The van der Waals surface area contributed by atoms with Gasteiger partial charge in [-0.3, -0.25) is 0 Å². The van der Waals surface area contributed by atoms with Crippen molar-refractivity contribution < 1.29 is 23.8 Å². The number of ether oxygens (including phenoxy) is 3. The van der Waals surface area contributed by atoms with Crippen LogP contribution in [0.5, 0.6) is 0 Å². The molecule has 0 radical (unpaired) electrons. The van der Waals surface area contributed by atoms with Gasteiger partial charge in [0.25, 0.3) is 0 Å². The lowest BCUT2D eigenvalue weighted by molar-refractivity contribution is -0.140. The standard InChI is InChI=1S/C15H15Br2NO5/c1-8-10(16)4-5-11(12(8)17)18-7-23-6-9(14(19)21-2)13(18)15(20)22-3/h4-5H,6-7H2,1-3H3. The van der Waals surface area contributed by atoms with Crippen LogP contribution in [0.3, 0.4) is 0 Å². The summed E-state index contributed by atoms with van der Waals surface area (Å²) in [4.78, 5) is 25.8. The predicted octanol–water partition coefficient (Wildman–Crippen LogP) is 2.91. The average Bonchev–Trinajstić information content (AvgIpc) is 2.57. The van der Waals surface area contributed by atoms with E-state index in [9.17, 15) is 9.59 Å². The zero-order valence-corrected chi connectivity index (χ0v) is 16.0. The summed E-state index contributed by atoms with van der Waals surface area (Å²) >= 11 is 6.97. The average molecular weight is 449 g/mol. The topological polar surface area (TPSA) is 65.1 Å². The lowest BCUT2D eigenvalue weighted by Crippen LogP contribution is -2.39. The minimum atomic E-state index is -0.625. The number of esters is 2. The van der Waals surface area contributed by atoms with Crippen molar-refractivity contribution in [2.45, 2.75) is 6.92 Å². The molecule has 0 bridgehead atoms. The second-order valence-corrected chi connectivity index (χ2v) is 6.37. The van der Waals surface area contributed by atoms with Crippen LogP contribution >= 0.6 is 31.9 Å². The van der Waals surface area contributed by atoms with E-state index in [1.807, 2.05) is 19.1 Å². The highest BCUT2D eigenvalue weighted by atomic mass is 79.9. The number of hydrogen-bond acceptors (Lipinski definition) is 6. The van der Waals surface area contributed by atoms with Crippen LogP contribution in [0.25, 0.3) is 0 Å². The molecule has 8 heteroatoms. The highest BCUT2D eigenvalue weighted by Gasteiger charge is 2.33. The van der Waals surface area contributed by atoms with Gasteiger partial charge < -0.3 is 19.1 Å². The second-order valence-electron chi connectivity index (χ2n) is 4.72. The van der Waals surface area contributed by atoms with Crippen molar-refractivity contribution in [3.05, 3.63) is 37.9 Å². The van der Waals surface area contributed by atoms with Crippen LogP contribution in [0.2, 0.25) is 0 Å². The number of hydrogen-bond donors (Lipinski definition) is 0. The molecule has 0 atom stereocenters. The molecule has 0 spiro atoms. The molecular weight excluding hydrogens is 434 g/mol. The van der Waals surface area contributed by atoms with E-state index < -0.39 is 11.9 Å². The van der Waals surface area contributed by atoms with Crippen LogP contribution in [0.4, 0.5) is 5.69 Å². The molecule has 1 aromatic rings. The summed E-state index contributed by atoms with van der Waals surface area (Å²) in [6.07, 6.45) is 0. The Morgan fingerprint density at radius 1 is 1.17 bits per heavy atom. The molecule has 0 saturated heterocycles. The highest BCUT2D eigenvalue weighted by Crippen LogP contribution is 2.37. The van der Waals surface area contributed by atoms with Gasteiger partial charge in [-0.05, 0) is 40.5 Å². The number of carbonyl (C=O) groups excluding carboxylic acids is 2. The molecule has 0 unspecified atom stereocenters. The van der Waals surface area contributed by atoms with E-state index >= 15 is 0 Å². The van der Waals surface area contributed by atoms with Crippen molar-refractivity contribution in [2.75, 3.05) is 32.5 Å². The molecule has 0 aromatic heterocycles.